The van der Waals surface area contributed by atoms with E-state index in [2.05, 4.69) is 39.8 Å². The molecule has 1 aliphatic rings. The maximum Gasteiger partial charge on any atom is 0.237 e. The van der Waals surface area contributed by atoms with Crippen molar-refractivity contribution in [3.8, 4) is 0 Å². The van der Waals surface area contributed by atoms with Gasteiger partial charge in [0.05, 0.1) is 6.04 Å². The number of hydrogen-bond acceptors (Lipinski definition) is 3. The van der Waals surface area contributed by atoms with Gasteiger partial charge in [-0.05, 0) is 34.9 Å². The van der Waals surface area contributed by atoms with E-state index in [1.165, 1.54) is 23.6 Å². The molecule has 1 amide bonds. The van der Waals surface area contributed by atoms with Crippen LogP contribution in [0, 0.1) is 11.6 Å². The minimum atomic E-state index is -0.559. The third kappa shape index (κ3) is 4.20. The largest absolute Gasteiger partial charge is 0.358 e. The number of carbonyl (C=O) groups excluding carboxylic acids is 1. The second-order valence-electron chi connectivity index (χ2n) is 7.71. The summed E-state index contributed by atoms with van der Waals surface area (Å²) in [6.45, 7) is 1.34. The third-order valence-corrected chi connectivity index (χ3v) is 5.84. The number of likely N-dealkylation sites (tertiary alicyclic amines) is 1. The van der Waals surface area contributed by atoms with E-state index < -0.39 is 11.6 Å². The standard InChI is InChI=1S/C24H25F2N3O/c1-27-24(30)23-12-18(28-13-20-21(25)10-5-11-22(20)26)15-29(23)14-17-8-4-7-16-6-2-3-9-19(16)17/h2-11,18,23,28H,12-15H2,1H3,(H,27,30)/t18-,23-/m0/s1. The predicted octanol–water partition coefficient (Wildman–Crippen LogP) is 3.60. The van der Waals surface area contributed by atoms with Gasteiger partial charge in [-0.1, -0.05) is 48.5 Å². The summed E-state index contributed by atoms with van der Waals surface area (Å²) in [6, 6.07) is 17.9. The van der Waals surface area contributed by atoms with Gasteiger partial charge in [0.25, 0.3) is 0 Å². The summed E-state index contributed by atoms with van der Waals surface area (Å²) >= 11 is 0. The Labute approximate surface area is 174 Å². The fourth-order valence-corrected chi connectivity index (χ4v) is 4.26. The molecule has 3 aromatic carbocycles. The first-order chi connectivity index (χ1) is 14.6. The lowest BCUT2D eigenvalue weighted by Gasteiger charge is -2.23. The summed E-state index contributed by atoms with van der Waals surface area (Å²) in [4.78, 5) is 14.6. The molecule has 1 heterocycles. The van der Waals surface area contributed by atoms with E-state index in [9.17, 15) is 13.6 Å². The van der Waals surface area contributed by atoms with Crippen molar-refractivity contribution in [2.75, 3.05) is 13.6 Å². The lowest BCUT2D eigenvalue weighted by atomic mass is 10.0. The summed E-state index contributed by atoms with van der Waals surface area (Å²) in [5.41, 5.74) is 1.18. The molecule has 0 spiro atoms. The molecule has 0 saturated carbocycles. The zero-order chi connectivity index (χ0) is 21.1. The molecule has 3 aromatic rings. The minimum absolute atomic E-state index is 0.0292. The van der Waals surface area contributed by atoms with Gasteiger partial charge in [0, 0.05) is 38.3 Å². The fraction of sp³-hybridized carbons (Fsp3) is 0.292. The fourth-order valence-electron chi connectivity index (χ4n) is 4.26. The topological polar surface area (TPSA) is 44.4 Å². The number of benzene rings is 3. The second-order valence-corrected chi connectivity index (χ2v) is 7.71. The average molecular weight is 409 g/mol. The molecule has 2 N–H and O–H groups in total. The SMILES string of the molecule is CNC(=O)[C@@H]1C[C@H](NCc2c(F)cccc2F)CN1Cc1cccc2ccccc12. The molecule has 0 radical (unpaired) electrons. The van der Waals surface area contributed by atoms with Crippen molar-refractivity contribution in [2.45, 2.75) is 31.6 Å². The van der Waals surface area contributed by atoms with Gasteiger partial charge in [-0.3, -0.25) is 9.69 Å². The Balaban J connectivity index is 1.51. The first-order valence-corrected chi connectivity index (χ1v) is 10.2. The number of amides is 1. The van der Waals surface area contributed by atoms with Crippen LogP contribution in [0.1, 0.15) is 17.5 Å². The number of likely N-dealkylation sites (N-methyl/N-ethyl adjacent to an activating group) is 1. The third-order valence-electron chi connectivity index (χ3n) is 5.84. The molecular weight excluding hydrogens is 384 g/mol. The number of nitrogens with zero attached hydrogens (tertiary/aromatic N) is 1. The van der Waals surface area contributed by atoms with Crippen molar-refractivity contribution in [1.82, 2.24) is 15.5 Å². The van der Waals surface area contributed by atoms with Crippen LogP contribution < -0.4 is 10.6 Å². The molecule has 4 nitrogen and oxygen atoms in total. The second kappa shape index (κ2) is 8.90. The Kier molecular flexibility index (Phi) is 6.06. The molecule has 0 unspecified atom stereocenters. The molecule has 0 aromatic heterocycles. The molecule has 0 bridgehead atoms. The van der Waals surface area contributed by atoms with Gasteiger partial charge in [0.2, 0.25) is 5.91 Å². The Morgan fingerprint density at radius 2 is 1.73 bits per heavy atom. The molecule has 2 atom stereocenters. The molecule has 1 aliphatic heterocycles. The van der Waals surface area contributed by atoms with Gasteiger partial charge >= 0.3 is 0 Å². The zero-order valence-electron chi connectivity index (χ0n) is 16.9. The Hall–Kier alpha value is -2.83. The first-order valence-electron chi connectivity index (χ1n) is 10.2. The van der Waals surface area contributed by atoms with Crippen LogP contribution >= 0.6 is 0 Å². The number of rotatable bonds is 6. The van der Waals surface area contributed by atoms with Crippen LogP contribution in [-0.4, -0.2) is 36.5 Å². The Morgan fingerprint density at radius 3 is 2.50 bits per heavy atom. The zero-order valence-corrected chi connectivity index (χ0v) is 16.9. The summed E-state index contributed by atoms with van der Waals surface area (Å²) in [5.74, 6) is -1.16. The van der Waals surface area contributed by atoms with Crippen molar-refractivity contribution in [3.63, 3.8) is 0 Å². The normalized spacial score (nSPS) is 19.3. The van der Waals surface area contributed by atoms with Gasteiger partial charge < -0.3 is 10.6 Å². The lowest BCUT2D eigenvalue weighted by Crippen LogP contribution is -2.41. The molecular formula is C24H25F2N3O. The minimum Gasteiger partial charge on any atom is -0.358 e. The van der Waals surface area contributed by atoms with Crippen LogP contribution in [-0.2, 0) is 17.9 Å². The maximum atomic E-state index is 13.9. The highest BCUT2D eigenvalue weighted by Gasteiger charge is 2.36. The smallest absolute Gasteiger partial charge is 0.237 e. The lowest BCUT2D eigenvalue weighted by molar-refractivity contribution is -0.125. The number of nitrogens with one attached hydrogen (secondary N) is 2. The van der Waals surface area contributed by atoms with Crippen LogP contribution in [0.25, 0.3) is 10.8 Å². The van der Waals surface area contributed by atoms with E-state index in [1.54, 1.807) is 7.05 Å². The highest BCUT2D eigenvalue weighted by atomic mass is 19.1. The van der Waals surface area contributed by atoms with E-state index in [4.69, 9.17) is 0 Å². The summed E-state index contributed by atoms with van der Waals surface area (Å²) in [7, 11) is 1.63. The van der Waals surface area contributed by atoms with E-state index in [0.717, 1.165) is 10.9 Å². The van der Waals surface area contributed by atoms with Gasteiger partial charge in [-0.15, -0.1) is 0 Å². The molecule has 1 saturated heterocycles. The molecule has 1 fully saturated rings. The van der Waals surface area contributed by atoms with Crippen LogP contribution in [0.2, 0.25) is 0 Å². The Bertz CT molecular complexity index is 1030. The number of carbonyl (C=O) groups is 1. The number of hydrogen-bond donors (Lipinski definition) is 2. The van der Waals surface area contributed by atoms with E-state index >= 15 is 0 Å². The maximum absolute atomic E-state index is 13.9. The van der Waals surface area contributed by atoms with Gasteiger partial charge in [0.15, 0.2) is 0 Å². The van der Waals surface area contributed by atoms with Gasteiger partial charge in [0.1, 0.15) is 11.6 Å². The van der Waals surface area contributed by atoms with Crippen LogP contribution in [0.5, 0.6) is 0 Å². The highest BCUT2D eigenvalue weighted by molar-refractivity contribution is 5.86. The van der Waals surface area contributed by atoms with Crippen molar-refractivity contribution >= 4 is 16.7 Å². The number of halogens is 2. The van der Waals surface area contributed by atoms with Gasteiger partial charge in [-0.2, -0.15) is 0 Å². The van der Waals surface area contributed by atoms with Crippen LogP contribution in [0.4, 0.5) is 8.78 Å². The molecule has 4 rings (SSSR count). The van der Waals surface area contributed by atoms with E-state index in [0.29, 0.717) is 19.5 Å². The monoisotopic (exact) mass is 409 g/mol. The predicted molar refractivity (Wildman–Crippen MR) is 114 cm³/mol. The summed E-state index contributed by atoms with van der Waals surface area (Å²) < 4.78 is 27.9. The first kappa shape index (κ1) is 20.4. The van der Waals surface area contributed by atoms with Gasteiger partial charge in [-0.25, -0.2) is 8.78 Å². The van der Waals surface area contributed by atoms with Crippen molar-refractivity contribution in [3.05, 3.63) is 83.4 Å². The van der Waals surface area contributed by atoms with Crippen molar-refractivity contribution < 1.29 is 13.6 Å². The molecule has 0 aliphatic carbocycles. The highest BCUT2D eigenvalue weighted by Crippen LogP contribution is 2.25. The summed E-state index contributed by atoms with van der Waals surface area (Å²) in [6.07, 6.45) is 0.584. The quantitative estimate of drug-likeness (QED) is 0.654. The average Bonchev–Trinajstić information content (AvgIpc) is 3.16. The van der Waals surface area contributed by atoms with Crippen LogP contribution in [0.3, 0.4) is 0 Å². The molecule has 30 heavy (non-hydrogen) atoms. The van der Waals surface area contributed by atoms with Crippen LogP contribution in [0.15, 0.2) is 60.7 Å². The summed E-state index contributed by atoms with van der Waals surface area (Å²) in [5, 5.41) is 8.31. The number of fused-ring (bicyclic) bond motifs is 1. The molecule has 156 valence electrons. The van der Waals surface area contributed by atoms with E-state index in [-0.39, 0.29) is 30.1 Å². The van der Waals surface area contributed by atoms with Crippen molar-refractivity contribution in [1.29, 1.82) is 0 Å². The van der Waals surface area contributed by atoms with E-state index in [1.807, 2.05) is 18.2 Å². The molecule has 6 heteroatoms. The Morgan fingerprint density at radius 1 is 1.03 bits per heavy atom. The van der Waals surface area contributed by atoms with Crippen molar-refractivity contribution in [2.24, 2.45) is 0 Å².